The standard InChI is InChI=1S/C11H14OS/c1-3-5-9-8(2)6-4-7-10(9)11(12)13/h4,6-7H,3,5H2,1-2H3,(H,12,13). The van der Waals surface area contributed by atoms with Crippen LogP contribution in [-0.4, -0.2) is 10.2 Å². The van der Waals surface area contributed by atoms with Crippen LogP contribution in [0.2, 0.25) is 0 Å². The van der Waals surface area contributed by atoms with Crippen LogP contribution < -0.4 is 0 Å². The van der Waals surface area contributed by atoms with Gasteiger partial charge >= 0.3 is 0 Å². The van der Waals surface area contributed by atoms with Gasteiger partial charge in [0, 0.05) is 5.56 Å². The summed E-state index contributed by atoms with van der Waals surface area (Å²) < 4.78 is 0. The molecule has 0 amide bonds. The van der Waals surface area contributed by atoms with Gasteiger partial charge in [0.15, 0.2) is 5.05 Å². The number of benzene rings is 1. The number of rotatable bonds is 3. The molecule has 1 N–H and O–H groups in total. The average Bonchev–Trinajstić information content (AvgIpc) is 2.08. The van der Waals surface area contributed by atoms with Gasteiger partial charge in [-0.2, -0.15) is 0 Å². The Labute approximate surface area is 84.4 Å². The molecule has 1 rings (SSSR count). The Morgan fingerprint density at radius 1 is 1.46 bits per heavy atom. The van der Waals surface area contributed by atoms with Crippen molar-refractivity contribution < 1.29 is 5.11 Å². The summed E-state index contributed by atoms with van der Waals surface area (Å²) in [6.45, 7) is 4.17. The van der Waals surface area contributed by atoms with Crippen LogP contribution in [0.15, 0.2) is 18.2 Å². The monoisotopic (exact) mass is 194 g/mol. The number of hydrogen-bond donors (Lipinski definition) is 1. The van der Waals surface area contributed by atoms with Crippen LogP contribution in [-0.2, 0) is 6.42 Å². The van der Waals surface area contributed by atoms with Crippen LogP contribution in [0.4, 0.5) is 0 Å². The summed E-state index contributed by atoms with van der Waals surface area (Å²) in [5, 5.41) is 9.29. The van der Waals surface area contributed by atoms with Crippen molar-refractivity contribution in [2.24, 2.45) is 0 Å². The van der Waals surface area contributed by atoms with Crippen molar-refractivity contribution in [2.45, 2.75) is 26.7 Å². The van der Waals surface area contributed by atoms with E-state index in [-0.39, 0.29) is 5.05 Å². The maximum absolute atomic E-state index is 9.29. The molecular formula is C11H14OS. The maximum atomic E-state index is 9.29. The van der Waals surface area contributed by atoms with E-state index in [1.807, 2.05) is 25.1 Å². The van der Waals surface area contributed by atoms with E-state index in [2.05, 4.69) is 6.92 Å². The predicted octanol–water partition coefficient (Wildman–Crippen LogP) is 3.18. The normalized spacial score (nSPS) is 10.0. The summed E-state index contributed by atoms with van der Waals surface area (Å²) in [4.78, 5) is 0. The van der Waals surface area contributed by atoms with Gasteiger partial charge in [0.05, 0.1) is 0 Å². The van der Waals surface area contributed by atoms with Crippen molar-refractivity contribution in [1.29, 1.82) is 0 Å². The molecule has 13 heavy (non-hydrogen) atoms. The molecule has 0 aromatic heterocycles. The lowest BCUT2D eigenvalue weighted by molar-refractivity contribution is 0.570. The molecule has 70 valence electrons. The third-order valence-corrected chi connectivity index (χ3v) is 2.36. The van der Waals surface area contributed by atoms with E-state index in [1.54, 1.807) is 0 Å². The van der Waals surface area contributed by atoms with Crippen LogP contribution in [0.5, 0.6) is 0 Å². The first-order valence-electron chi connectivity index (χ1n) is 4.48. The highest BCUT2D eigenvalue weighted by Gasteiger charge is 2.07. The molecule has 0 unspecified atom stereocenters. The van der Waals surface area contributed by atoms with E-state index in [9.17, 15) is 5.11 Å². The van der Waals surface area contributed by atoms with Gasteiger partial charge in [-0.15, -0.1) is 0 Å². The van der Waals surface area contributed by atoms with Gasteiger partial charge in [-0.25, -0.2) is 0 Å². The Balaban J connectivity index is 3.17. The third kappa shape index (κ3) is 2.28. The zero-order valence-corrected chi connectivity index (χ0v) is 8.82. The zero-order chi connectivity index (χ0) is 9.84. The van der Waals surface area contributed by atoms with E-state index in [1.165, 1.54) is 11.1 Å². The smallest absolute Gasteiger partial charge is 0.188 e. The van der Waals surface area contributed by atoms with Crippen molar-refractivity contribution in [3.8, 4) is 0 Å². The van der Waals surface area contributed by atoms with Crippen molar-refractivity contribution in [3.63, 3.8) is 0 Å². The molecule has 2 heteroatoms. The van der Waals surface area contributed by atoms with Gasteiger partial charge in [-0.3, -0.25) is 0 Å². The van der Waals surface area contributed by atoms with Gasteiger partial charge in [0.25, 0.3) is 0 Å². The summed E-state index contributed by atoms with van der Waals surface area (Å²) in [5.41, 5.74) is 3.20. The highest BCUT2D eigenvalue weighted by molar-refractivity contribution is 7.80. The van der Waals surface area contributed by atoms with Gasteiger partial charge in [-0.05, 0) is 36.7 Å². The van der Waals surface area contributed by atoms with Crippen molar-refractivity contribution in [2.75, 3.05) is 0 Å². The molecule has 0 saturated heterocycles. The second-order valence-corrected chi connectivity index (χ2v) is 3.54. The fraction of sp³-hybridized carbons (Fsp3) is 0.364. The minimum atomic E-state index is 0.00662. The van der Waals surface area contributed by atoms with Crippen molar-refractivity contribution in [1.82, 2.24) is 0 Å². The lowest BCUT2D eigenvalue weighted by atomic mass is 9.98. The fourth-order valence-electron chi connectivity index (χ4n) is 1.48. The van der Waals surface area contributed by atoms with Gasteiger partial charge in [0.1, 0.15) is 0 Å². The van der Waals surface area contributed by atoms with Crippen molar-refractivity contribution >= 4 is 17.3 Å². The first kappa shape index (κ1) is 10.2. The van der Waals surface area contributed by atoms with E-state index in [0.29, 0.717) is 0 Å². The first-order valence-corrected chi connectivity index (χ1v) is 4.89. The minimum Gasteiger partial charge on any atom is -0.499 e. The third-order valence-electron chi connectivity index (χ3n) is 2.14. The van der Waals surface area contributed by atoms with Gasteiger partial charge in [-0.1, -0.05) is 31.5 Å². The topological polar surface area (TPSA) is 20.2 Å². The van der Waals surface area contributed by atoms with E-state index < -0.39 is 0 Å². The summed E-state index contributed by atoms with van der Waals surface area (Å²) >= 11 is 4.78. The Bertz CT molecular complexity index is 318. The second-order valence-electron chi connectivity index (χ2n) is 3.16. The molecule has 0 aliphatic heterocycles. The largest absolute Gasteiger partial charge is 0.499 e. The first-order chi connectivity index (χ1) is 6.16. The number of aryl methyl sites for hydroxylation is 1. The molecule has 0 aliphatic carbocycles. The van der Waals surface area contributed by atoms with Crippen LogP contribution in [0, 0.1) is 6.92 Å². The highest BCUT2D eigenvalue weighted by Crippen LogP contribution is 2.16. The maximum Gasteiger partial charge on any atom is 0.188 e. The predicted molar refractivity (Wildman–Crippen MR) is 59.5 cm³/mol. The molecule has 1 aromatic rings. The average molecular weight is 194 g/mol. The van der Waals surface area contributed by atoms with Crippen LogP contribution in [0.1, 0.15) is 30.0 Å². The summed E-state index contributed by atoms with van der Waals surface area (Å²) in [6.07, 6.45) is 2.04. The number of hydrogen-bond acceptors (Lipinski definition) is 1. The fourth-order valence-corrected chi connectivity index (χ4v) is 1.68. The molecule has 1 nitrogen and oxygen atoms in total. The molecule has 0 spiro atoms. The summed E-state index contributed by atoms with van der Waals surface area (Å²) in [6, 6.07) is 5.85. The lowest BCUT2D eigenvalue weighted by Gasteiger charge is -2.09. The summed E-state index contributed by atoms with van der Waals surface area (Å²) in [7, 11) is 0. The zero-order valence-electron chi connectivity index (χ0n) is 8.00. The molecular weight excluding hydrogens is 180 g/mol. The quantitative estimate of drug-likeness (QED) is 0.746. The molecule has 1 aromatic carbocycles. The molecule has 0 bridgehead atoms. The minimum absolute atomic E-state index is 0.00662. The number of thiocarbonyl (C=S) groups is 1. The Hall–Kier alpha value is -0.890. The molecule has 0 radical (unpaired) electrons. The second kappa shape index (κ2) is 4.38. The number of aliphatic hydroxyl groups excluding tert-OH is 1. The lowest BCUT2D eigenvalue weighted by Crippen LogP contribution is -2.02. The molecule has 0 fully saturated rings. The Morgan fingerprint density at radius 3 is 2.69 bits per heavy atom. The van der Waals surface area contributed by atoms with Crippen molar-refractivity contribution in [3.05, 3.63) is 34.9 Å². The SMILES string of the molecule is CCCc1c(C)cccc1C(O)=S. The highest BCUT2D eigenvalue weighted by atomic mass is 32.1. The number of aliphatic hydroxyl groups is 1. The van der Waals surface area contributed by atoms with Gasteiger partial charge in [0.2, 0.25) is 0 Å². The summed E-state index contributed by atoms with van der Waals surface area (Å²) in [5.74, 6) is 0. The molecule has 0 saturated carbocycles. The molecule has 0 heterocycles. The van der Waals surface area contributed by atoms with E-state index in [4.69, 9.17) is 12.2 Å². The van der Waals surface area contributed by atoms with Crippen LogP contribution >= 0.6 is 12.2 Å². The Kier molecular flexibility index (Phi) is 3.43. The Morgan fingerprint density at radius 2 is 2.15 bits per heavy atom. The van der Waals surface area contributed by atoms with Crippen LogP contribution in [0.25, 0.3) is 0 Å². The molecule has 0 atom stereocenters. The van der Waals surface area contributed by atoms with Gasteiger partial charge < -0.3 is 5.11 Å². The van der Waals surface area contributed by atoms with Crippen LogP contribution in [0.3, 0.4) is 0 Å². The van der Waals surface area contributed by atoms with E-state index >= 15 is 0 Å². The molecule has 0 aliphatic rings. The van der Waals surface area contributed by atoms with E-state index in [0.717, 1.165) is 18.4 Å².